The highest BCUT2D eigenvalue weighted by molar-refractivity contribution is 7.92. The van der Waals surface area contributed by atoms with E-state index in [1.54, 1.807) is 13.1 Å². The van der Waals surface area contributed by atoms with Gasteiger partial charge in [0.25, 0.3) is 0 Å². The summed E-state index contributed by atoms with van der Waals surface area (Å²) in [6.07, 6.45) is 3.50. The molecule has 1 heterocycles. The molecule has 1 fully saturated rings. The van der Waals surface area contributed by atoms with Crippen molar-refractivity contribution in [1.29, 1.82) is 0 Å². The van der Waals surface area contributed by atoms with Crippen LogP contribution in [0.15, 0.2) is 29.3 Å². The Balaban J connectivity index is 2.02. The van der Waals surface area contributed by atoms with E-state index in [2.05, 4.69) is 26.9 Å². The summed E-state index contributed by atoms with van der Waals surface area (Å²) in [7, 11) is -1.51. The molecule has 0 amide bonds. The number of aliphatic imine (C=N–C) groups is 1. The number of likely N-dealkylation sites (tertiary alicyclic amines) is 1. The van der Waals surface area contributed by atoms with E-state index < -0.39 is 10.0 Å². The van der Waals surface area contributed by atoms with Crippen molar-refractivity contribution < 1.29 is 8.42 Å². The lowest BCUT2D eigenvalue weighted by atomic mass is 9.99. The summed E-state index contributed by atoms with van der Waals surface area (Å²) in [6.45, 7) is 4.81. The monoisotopic (exact) mass is 338 g/mol. The van der Waals surface area contributed by atoms with Crippen LogP contribution in [-0.4, -0.2) is 45.7 Å². The largest absolute Gasteiger partial charge is 0.352 e. The first kappa shape index (κ1) is 17.6. The maximum atomic E-state index is 11.5. The van der Waals surface area contributed by atoms with Gasteiger partial charge < -0.3 is 10.2 Å². The Morgan fingerprint density at radius 1 is 1.30 bits per heavy atom. The van der Waals surface area contributed by atoms with Crippen molar-refractivity contribution >= 4 is 21.7 Å². The first-order valence-electron chi connectivity index (χ1n) is 7.90. The fourth-order valence-corrected chi connectivity index (χ4v) is 3.30. The maximum Gasteiger partial charge on any atom is 0.229 e. The molecule has 0 bridgehead atoms. The molecule has 2 rings (SSSR count). The molecule has 0 aromatic heterocycles. The predicted molar refractivity (Wildman–Crippen MR) is 95.1 cm³/mol. The van der Waals surface area contributed by atoms with Crippen molar-refractivity contribution in [2.75, 3.05) is 31.1 Å². The van der Waals surface area contributed by atoms with Gasteiger partial charge in [-0.3, -0.25) is 9.71 Å². The number of piperidine rings is 1. The minimum absolute atomic E-state index is 0.525. The van der Waals surface area contributed by atoms with Crippen molar-refractivity contribution in [3.63, 3.8) is 0 Å². The minimum atomic E-state index is -3.29. The third-order valence-corrected chi connectivity index (χ3v) is 4.64. The highest BCUT2D eigenvalue weighted by atomic mass is 32.2. The van der Waals surface area contributed by atoms with Crippen LogP contribution in [0.4, 0.5) is 5.69 Å². The van der Waals surface area contributed by atoms with Crippen LogP contribution in [0.3, 0.4) is 0 Å². The smallest absolute Gasteiger partial charge is 0.229 e. The Bertz CT molecular complexity index is 650. The molecular weight excluding hydrogens is 312 g/mol. The molecule has 6 nitrogen and oxygen atoms in total. The van der Waals surface area contributed by atoms with Crippen LogP contribution < -0.4 is 10.0 Å². The summed E-state index contributed by atoms with van der Waals surface area (Å²) in [5, 5.41) is 3.34. The number of guanidine groups is 1. The summed E-state index contributed by atoms with van der Waals surface area (Å²) in [5.74, 6) is 1.63. The van der Waals surface area contributed by atoms with E-state index in [1.807, 2.05) is 18.2 Å². The fourth-order valence-electron chi connectivity index (χ4n) is 2.70. The number of rotatable bonds is 4. The molecule has 0 radical (unpaired) electrons. The van der Waals surface area contributed by atoms with Gasteiger partial charge >= 0.3 is 0 Å². The summed E-state index contributed by atoms with van der Waals surface area (Å²) in [4.78, 5) is 6.61. The van der Waals surface area contributed by atoms with Crippen LogP contribution in [0.25, 0.3) is 0 Å². The molecule has 0 unspecified atom stereocenters. The van der Waals surface area contributed by atoms with Gasteiger partial charge in [-0.15, -0.1) is 0 Å². The van der Waals surface area contributed by atoms with Gasteiger partial charge in [0.05, 0.1) is 11.9 Å². The van der Waals surface area contributed by atoms with Crippen LogP contribution in [0.5, 0.6) is 0 Å². The van der Waals surface area contributed by atoms with Crippen LogP contribution >= 0.6 is 0 Å². The summed E-state index contributed by atoms with van der Waals surface area (Å²) >= 11 is 0. The summed E-state index contributed by atoms with van der Waals surface area (Å²) in [5.41, 5.74) is 1.50. The third kappa shape index (κ3) is 5.42. The van der Waals surface area contributed by atoms with Gasteiger partial charge in [0.1, 0.15) is 0 Å². The second-order valence-corrected chi connectivity index (χ2v) is 7.85. The quantitative estimate of drug-likeness (QED) is 0.649. The van der Waals surface area contributed by atoms with Crippen LogP contribution in [-0.2, 0) is 16.6 Å². The Morgan fingerprint density at radius 3 is 2.57 bits per heavy atom. The number of para-hydroxylation sites is 1. The second kappa shape index (κ2) is 7.68. The van der Waals surface area contributed by atoms with Crippen molar-refractivity contribution in [2.45, 2.75) is 26.3 Å². The lowest BCUT2D eigenvalue weighted by Gasteiger charge is -2.33. The molecule has 1 aliphatic rings. The summed E-state index contributed by atoms with van der Waals surface area (Å²) < 4.78 is 25.5. The van der Waals surface area contributed by atoms with Crippen molar-refractivity contribution in [2.24, 2.45) is 10.9 Å². The molecule has 1 aliphatic heterocycles. The van der Waals surface area contributed by atoms with Gasteiger partial charge in [-0.25, -0.2) is 8.42 Å². The zero-order chi connectivity index (χ0) is 16.9. The molecule has 1 saturated heterocycles. The molecule has 0 atom stereocenters. The Kier molecular flexibility index (Phi) is 5.87. The van der Waals surface area contributed by atoms with Gasteiger partial charge in [-0.1, -0.05) is 25.1 Å². The Hall–Kier alpha value is -1.76. The minimum Gasteiger partial charge on any atom is -0.352 e. The van der Waals surface area contributed by atoms with Crippen molar-refractivity contribution in [1.82, 2.24) is 10.2 Å². The standard InChI is InChI=1S/C16H26N4O2S/c1-13-8-10-20(11-9-13)16(17-2)18-12-14-6-4-5-7-15(14)19-23(3,21)22/h4-7,13,19H,8-12H2,1-3H3,(H,17,18). The normalized spacial score (nSPS) is 17.2. The van der Waals surface area contributed by atoms with E-state index in [1.165, 1.54) is 12.8 Å². The molecule has 0 spiro atoms. The molecule has 0 aliphatic carbocycles. The SMILES string of the molecule is CN=C(NCc1ccccc1NS(C)(=O)=O)N1CCC(C)CC1. The van der Waals surface area contributed by atoms with Gasteiger partial charge in [-0.05, 0) is 30.4 Å². The lowest BCUT2D eigenvalue weighted by Crippen LogP contribution is -2.45. The third-order valence-electron chi connectivity index (χ3n) is 4.04. The predicted octanol–water partition coefficient (Wildman–Crippen LogP) is 1.87. The van der Waals surface area contributed by atoms with E-state index >= 15 is 0 Å². The number of benzene rings is 1. The van der Waals surface area contributed by atoms with E-state index in [0.717, 1.165) is 36.8 Å². The molecular formula is C16H26N4O2S. The maximum absolute atomic E-state index is 11.5. The van der Waals surface area contributed by atoms with Crippen molar-refractivity contribution in [3.05, 3.63) is 29.8 Å². The molecule has 7 heteroatoms. The van der Waals surface area contributed by atoms with Gasteiger partial charge in [0.2, 0.25) is 10.0 Å². The van der Waals surface area contributed by atoms with E-state index in [9.17, 15) is 8.42 Å². The van der Waals surface area contributed by atoms with E-state index in [4.69, 9.17) is 0 Å². The molecule has 2 N–H and O–H groups in total. The van der Waals surface area contributed by atoms with Crippen LogP contribution in [0.1, 0.15) is 25.3 Å². The fraction of sp³-hybridized carbons (Fsp3) is 0.562. The molecule has 23 heavy (non-hydrogen) atoms. The Morgan fingerprint density at radius 2 is 1.96 bits per heavy atom. The highest BCUT2D eigenvalue weighted by Crippen LogP contribution is 2.18. The average Bonchev–Trinajstić information content (AvgIpc) is 2.49. The molecule has 128 valence electrons. The second-order valence-electron chi connectivity index (χ2n) is 6.10. The van der Waals surface area contributed by atoms with E-state index in [-0.39, 0.29) is 0 Å². The first-order valence-corrected chi connectivity index (χ1v) is 9.79. The number of anilines is 1. The average molecular weight is 338 g/mol. The Labute approximate surface area is 139 Å². The molecule has 0 saturated carbocycles. The lowest BCUT2D eigenvalue weighted by molar-refractivity contribution is 0.273. The number of nitrogens with one attached hydrogen (secondary N) is 2. The molecule has 1 aromatic rings. The number of sulfonamides is 1. The first-order chi connectivity index (χ1) is 10.9. The van der Waals surface area contributed by atoms with Gasteiger partial charge in [0, 0.05) is 26.7 Å². The van der Waals surface area contributed by atoms with Crippen LogP contribution in [0, 0.1) is 5.92 Å². The number of hydrogen-bond acceptors (Lipinski definition) is 3. The number of nitrogens with zero attached hydrogens (tertiary/aromatic N) is 2. The van der Waals surface area contributed by atoms with Crippen LogP contribution in [0.2, 0.25) is 0 Å². The van der Waals surface area contributed by atoms with Gasteiger partial charge in [-0.2, -0.15) is 0 Å². The topological polar surface area (TPSA) is 73.8 Å². The summed E-state index contributed by atoms with van der Waals surface area (Å²) in [6, 6.07) is 7.39. The van der Waals surface area contributed by atoms with E-state index in [0.29, 0.717) is 12.2 Å². The zero-order valence-corrected chi connectivity index (χ0v) is 14.9. The zero-order valence-electron chi connectivity index (χ0n) is 14.0. The van der Waals surface area contributed by atoms with Gasteiger partial charge in [0.15, 0.2) is 5.96 Å². The number of hydrogen-bond donors (Lipinski definition) is 2. The molecule has 1 aromatic carbocycles. The highest BCUT2D eigenvalue weighted by Gasteiger charge is 2.18. The van der Waals surface area contributed by atoms with Crippen molar-refractivity contribution in [3.8, 4) is 0 Å².